The van der Waals surface area contributed by atoms with E-state index in [-0.39, 0.29) is 17.6 Å². The van der Waals surface area contributed by atoms with Crippen molar-refractivity contribution in [3.8, 4) is 0 Å². The molecular formula is C10H21N3O2. The van der Waals surface area contributed by atoms with E-state index in [1.807, 2.05) is 20.8 Å². The van der Waals surface area contributed by atoms with Crippen molar-refractivity contribution in [2.24, 2.45) is 5.73 Å². The molecule has 1 heterocycles. The summed E-state index contributed by atoms with van der Waals surface area (Å²) in [4.78, 5) is 13.7. The lowest BCUT2D eigenvalue weighted by Crippen LogP contribution is -2.57. The minimum atomic E-state index is -0.352. The van der Waals surface area contributed by atoms with Crippen molar-refractivity contribution < 1.29 is 9.53 Å². The molecule has 0 aromatic heterocycles. The van der Waals surface area contributed by atoms with Crippen LogP contribution in [0.15, 0.2) is 0 Å². The zero-order valence-electron chi connectivity index (χ0n) is 9.75. The number of carbonyl (C=O) groups is 1. The number of morpholine rings is 1. The number of nitrogens with two attached hydrogens (primary N) is 1. The Kier molecular flexibility index (Phi) is 3.93. The van der Waals surface area contributed by atoms with E-state index < -0.39 is 0 Å². The highest BCUT2D eigenvalue weighted by Gasteiger charge is 2.27. The standard InChI is InChI=1S/C10H21N3O2/c1-8-6-15-5-4-13(8)9(14)12-10(2,3)7-11/h8H,4-7,11H2,1-3H3,(H,12,14). The van der Waals surface area contributed by atoms with Crippen LogP contribution in [0.25, 0.3) is 0 Å². The average Bonchev–Trinajstić information content (AvgIpc) is 2.17. The Hall–Kier alpha value is -0.810. The molecule has 1 rings (SSSR count). The molecule has 1 fully saturated rings. The van der Waals surface area contributed by atoms with Crippen LogP contribution in [0.3, 0.4) is 0 Å². The summed E-state index contributed by atoms with van der Waals surface area (Å²) in [5, 5.41) is 2.91. The van der Waals surface area contributed by atoms with Gasteiger partial charge in [-0.3, -0.25) is 0 Å². The summed E-state index contributed by atoms with van der Waals surface area (Å²) in [5.74, 6) is 0. The largest absolute Gasteiger partial charge is 0.377 e. The van der Waals surface area contributed by atoms with Crippen LogP contribution < -0.4 is 11.1 Å². The SMILES string of the molecule is CC1COCCN1C(=O)NC(C)(C)CN. The fourth-order valence-corrected chi connectivity index (χ4v) is 1.44. The number of amides is 2. The van der Waals surface area contributed by atoms with Crippen molar-refractivity contribution >= 4 is 6.03 Å². The third kappa shape index (κ3) is 3.35. The molecule has 88 valence electrons. The van der Waals surface area contributed by atoms with Gasteiger partial charge in [0.05, 0.1) is 19.3 Å². The summed E-state index contributed by atoms with van der Waals surface area (Å²) < 4.78 is 5.27. The maximum absolute atomic E-state index is 11.9. The van der Waals surface area contributed by atoms with E-state index in [2.05, 4.69) is 5.32 Å². The molecule has 3 N–H and O–H groups in total. The molecule has 1 aliphatic rings. The van der Waals surface area contributed by atoms with Crippen molar-refractivity contribution in [1.29, 1.82) is 0 Å². The number of carbonyl (C=O) groups excluding carboxylic acids is 1. The summed E-state index contributed by atoms with van der Waals surface area (Å²) >= 11 is 0. The third-order valence-electron chi connectivity index (χ3n) is 2.58. The smallest absolute Gasteiger partial charge is 0.318 e. The summed E-state index contributed by atoms with van der Waals surface area (Å²) in [6.07, 6.45) is 0. The van der Waals surface area contributed by atoms with E-state index in [9.17, 15) is 4.79 Å². The highest BCUT2D eigenvalue weighted by atomic mass is 16.5. The lowest BCUT2D eigenvalue weighted by molar-refractivity contribution is 0.0176. The molecular weight excluding hydrogens is 194 g/mol. The Balaban J connectivity index is 2.52. The fraction of sp³-hybridized carbons (Fsp3) is 0.900. The van der Waals surface area contributed by atoms with E-state index in [4.69, 9.17) is 10.5 Å². The van der Waals surface area contributed by atoms with Gasteiger partial charge < -0.3 is 20.7 Å². The van der Waals surface area contributed by atoms with Crippen LogP contribution in [0.4, 0.5) is 4.79 Å². The maximum atomic E-state index is 11.9. The molecule has 5 heteroatoms. The van der Waals surface area contributed by atoms with E-state index in [1.165, 1.54) is 0 Å². The Labute approximate surface area is 90.9 Å². The van der Waals surface area contributed by atoms with E-state index in [1.54, 1.807) is 4.90 Å². The first kappa shape index (κ1) is 12.3. The van der Waals surface area contributed by atoms with Gasteiger partial charge in [0.15, 0.2) is 0 Å². The molecule has 1 unspecified atom stereocenters. The van der Waals surface area contributed by atoms with E-state index >= 15 is 0 Å². The first-order valence-electron chi connectivity index (χ1n) is 5.33. The van der Waals surface area contributed by atoms with E-state index in [0.717, 1.165) is 0 Å². The summed E-state index contributed by atoms with van der Waals surface area (Å²) in [6.45, 7) is 8.10. The van der Waals surface area contributed by atoms with Gasteiger partial charge in [-0.15, -0.1) is 0 Å². The average molecular weight is 215 g/mol. The van der Waals surface area contributed by atoms with Gasteiger partial charge >= 0.3 is 6.03 Å². The third-order valence-corrected chi connectivity index (χ3v) is 2.58. The van der Waals surface area contributed by atoms with Crippen LogP contribution in [0.2, 0.25) is 0 Å². The molecule has 5 nitrogen and oxygen atoms in total. The molecule has 15 heavy (non-hydrogen) atoms. The van der Waals surface area contributed by atoms with Crippen LogP contribution in [0, 0.1) is 0 Å². The number of rotatable bonds is 2. The van der Waals surface area contributed by atoms with Crippen molar-refractivity contribution in [1.82, 2.24) is 10.2 Å². The molecule has 0 aromatic carbocycles. The number of urea groups is 1. The second kappa shape index (κ2) is 4.81. The monoisotopic (exact) mass is 215 g/mol. The Morgan fingerprint density at radius 1 is 1.67 bits per heavy atom. The van der Waals surface area contributed by atoms with Crippen LogP contribution in [-0.2, 0) is 4.74 Å². The van der Waals surface area contributed by atoms with Crippen molar-refractivity contribution in [3.63, 3.8) is 0 Å². The lowest BCUT2D eigenvalue weighted by atomic mass is 10.1. The first-order valence-corrected chi connectivity index (χ1v) is 5.33. The maximum Gasteiger partial charge on any atom is 0.318 e. The van der Waals surface area contributed by atoms with Crippen LogP contribution >= 0.6 is 0 Å². The topological polar surface area (TPSA) is 67.6 Å². The van der Waals surface area contributed by atoms with E-state index in [0.29, 0.717) is 26.3 Å². The Morgan fingerprint density at radius 3 is 2.87 bits per heavy atom. The Morgan fingerprint density at radius 2 is 2.33 bits per heavy atom. The number of hydrogen-bond donors (Lipinski definition) is 2. The van der Waals surface area contributed by atoms with Crippen molar-refractivity contribution in [3.05, 3.63) is 0 Å². The van der Waals surface area contributed by atoms with Crippen LogP contribution in [0.1, 0.15) is 20.8 Å². The van der Waals surface area contributed by atoms with Crippen molar-refractivity contribution in [2.45, 2.75) is 32.4 Å². The predicted molar refractivity (Wildman–Crippen MR) is 58.7 cm³/mol. The molecule has 2 amide bonds. The second-order valence-electron chi connectivity index (χ2n) is 4.64. The quantitative estimate of drug-likeness (QED) is 0.689. The van der Waals surface area contributed by atoms with Gasteiger partial charge in [0, 0.05) is 18.6 Å². The summed E-state index contributed by atoms with van der Waals surface area (Å²) in [5.41, 5.74) is 5.21. The molecule has 0 aliphatic carbocycles. The molecule has 0 radical (unpaired) electrons. The highest BCUT2D eigenvalue weighted by Crippen LogP contribution is 2.08. The van der Waals surface area contributed by atoms with Gasteiger partial charge in [-0.2, -0.15) is 0 Å². The number of hydrogen-bond acceptors (Lipinski definition) is 3. The summed E-state index contributed by atoms with van der Waals surface area (Å²) in [7, 11) is 0. The normalized spacial score (nSPS) is 22.7. The Bertz CT molecular complexity index is 231. The molecule has 1 saturated heterocycles. The first-order chi connectivity index (χ1) is 6.96. The number of nitrogens with one attached hydrogen (secondary N) is 1. The molecule has 1 atom stereocenters. The molecule has 1 aliphatic heterocycles. The second-order valence-corrected chi connectivity index (χ2v) is 4.64. The van der Waals surface area contributed by atoms with Gasteiger partial charge in [-0.1, -0.05) is 0 Å². The van der Waals surface area contributed by atoms with Gasteiger partial charge in [-0.25, -0.2) is 4.79 Å². The van der Waals surface area contributed by atoms with Crippen LogP contribution in [0.5, 0.6) is 0 Å². The minimum Gasteiger partial charge on any atom is -0.377 e. The van der Waals surface area contributed by atoms with Gasteiger partial charge in [-0.05, 0) is 20.8 Å². The zero-order chi connectivity index (χ0) is 11.5. The molecule has 0 saturated carbocycles. The number of nitrogens with zero attached hydrogens (tertiary/aromatic N) is 1. The zero-order valence-corrected chi connectivity index (χ0v) is 9.75. The lowest BCUT2D eigenvalue weighted by Gasteiger charge is -2.36. The molecule has 0 bridgehead atoms. The van der Waals surface area contributed by atoms with Gasteiger partial charge in [0.2, 0.25) is 0 Å². The molecule has 0 spiro atoms. The summed E-state index contributed by atoms with van der Waals surface area (Å²) in [6, 6.07) is 0.0774. The van der Waals surface area contributed by atoms with Gasteiger partial charge in [0.1, 0.15) is 0 Å². The highest BCUT2D eigenvalue weighted by molar-refractivity contribution is 5.75. The van der Waals surface area contributed by atoms with Crippen molar-refractivity contribution in [2.75, 3.05) is 26.3 Å². The van der Waals surface area contributed by atoms with Crippen LogP contribution in [-0.4, -0.2) is 48.8 Å². The number of ether oxygens (including phenoxy) is 1. The fourth-order valence-electron chi connectivity index (χ4n) is 1.44. The molecule has 0 aromatic rings. The van der Waals surface area contributed by atoms with Gasteiger partial charge in [0.25, 0.3) is 0 Å². The predicted octanol–water partition coefficient (Wildman–Crippen LogP) is 0.154. The minimum absolute atomic E-state index is 0.0544.